The van der Waals surface area contributed by atoms with E-state index in [4.69, 9.17) is 23.2 Å². The third-order valence-corrected chi connectivity index (χ3v) is 7.43. The second kappa shape index (κ2) is 9.33. The largest absolute Gasteiger partial charge is 0.326 e. The number of benzene rings is 2. The fourth-order valence-electron chi connectivity index (χ4n) is 4.11. The molecule has 2 heterocycles. The van der Waals surface area contributed by atoms with Crippen molar-refractivity contribution >= 4 is 56.3 Å². The van der Waals surface area contributed by atoms with Crippen LogP contribution in [0.4, 0.5) is 5.69 Å². The molecule has 5 nitrogen and oxygen atoms in total. The van der Waals surface area contributed by atoms with Crippen LogP contribution in [-0.4, -0.2) is 28.5 Å². The summed E-state index contributed by atoms with van der Waals surface area (Å²) in [6.07, 6.45) is 1.57. The first-order chi connectivity index (χ1) is 14.8. The van der Waals surface area contributed by atoms with Gasteiger partial charge in [-0.25, -0.2) is 0 Å². The molecule has 1 saturated heterocycles. The van der Waals surface area contributed by atoms with Crippen LogP contribution in [0.2, 0.25) is 10.0 Å². The number of amides is 1. The lowest BCUT2D eigenvalue weighted by Crippen LogP contribution is -2.37. The highest BCUT2D eigenvalue weighted by molar-refractivity contribution is 7.16. The zero-order valence-corrected chi connectivity index (χ0v) is 19.9. The predicted octanol–water partition coefficient (Wildman–Crippen LogP) is 5.80. The summed E-state index contributed by atoms with van der Waals surface area (Å²) < 4.78 is 2.68. The van der Waals surface area contributed by atoms with Crippen LogP contribution in [-0.2, 0) is 11.3 Å². The van der Waals surface area contributed by atoms with Gasteiger partial charge < -0.3 is 5.32 Å². The summed E-state index contributed by atoms with van der Waals surface area (Å²) in [5.74, 6) is -0.00177. The number of nitrogens with zero attached hydrogens (tertiary/aromatic N) is 2. The highest BCUT2D eigenvalue weighted by atomic mass is 35.5. The number of anilines is 1. The zero-order chi connectivity index (χ0) is 22.1. The fraction of sp³-hybridized carbons (Fsp3) is 0.391. The third-order valence-electron chi connectivity index (χ3n) is 5.80. The van der Waals surface area contributed by atoms with E-state index in [9.17, 15) is 9.59 Å². The average molecular weight is 478 g/mol. The fourth-order valence-corrected chi connectivity index (χ4v) is 5.68. The lowest BCUT2D eigenvalue weighted by atomic mass is 9.95. The minimum absolute atomic E-state index is 0.0273. The van der Waals surface area contributed by atoms with Crippen molar-refractivity contribution in [2.75, 3.05) is 18.4 Å². The predicted molar refractivity (Wildman–Crippen MR) is 130 cm³/mol. The minimum atomic E-state index is -0.0346. The molecule has 2 aromatic carbocycles. The lowest BCUT2D eigenvalue weighted by Gasteiger charge is -2.31. The van der Waals surface area contributed by atoms with Crippen LogP contribution in [0.25, 0.3) is 10.2 Å². The Balaban J connectivity index is 1.37. The first-order valence-corrected chi connectivity index (χ1v) is 12.0. The highest BCUT2D eigenvalue weighted by Crippen LogP contribution is 2.29. The van der Waals surface area contributed by atoms with E-state index in [1.807, 2.05) is 50.2 Å². The molecule has 1 aliphatic rings. The van der Waals surface area contributed by atoms with Gasteiger partial charge in [-0.1, -0.05) is 40.6 Å². The molecule has 0 bridgehead atoms. The molecule has 4 rings (SSSR count). The van der Waals surface area contributed by atoms with E-state index in [0.717, 1.165) is 47.4 Å². The standard InChI is InChI=1S/C23H25Cl2N3O2S/c1-14(2)28-20-7-6-16(12-21(20)31-23(28)30)26-22(29)15-8-10-27(11-9-15)13-17-18(24)4-3-5-19(17)25/h3-7,12,14-15H,8-11,13H2,1-2H3,(H,26,29). The molecule has 164 valence electrons. The molecule has 0 aliphatic carbocycles. The Labute approximate surface area is 195 Å². The van der Waals surface area contributed by atoms with Crippen LogP contribution in [0, 0.1) is 5.92 Å². The number of rotatable bonds is 5. The molecule has 0 spiro atoms. The maximum absolute atomic E-state index is 12.8. The van der Waals surface area contributed by atoms with Gasteiger partial charge in [0.05, 0.1) is 10.2 Å². The molecular weight excluding hydrogens is 453 g/mol. The maximum atomic E-state index is 12.8. The second-order valence-electron chi connectivity index (χ2n) is 8.25. The van der Waals surface area contributed by atoms with Gasteiger partial charge in [0.1, 0.15) is 0 Å². The zero-order valence-electron chi connectivity index (χ0n) is 17.5. The summed E-state index contributed by atoms with van der Waals surface area (Å²) in [6.45, 7) is 6.31. The molecule has 8 heteroatoms. The van der Waals surface area contributed by atoms with E-state index in [1.165, 1.54) is 11.3 Å². The summed E-state index contributed by atoms with van der Waals surface area (Å²) in [5.41, 5.74) is 2.59. The van der Waals surface area contributed by atoms with Crippen molar-refractivity contribution in [1.82, 2.24) is 9.47 Å². The molecule has 0 unspecified atom stereocenters. The lowest BCUT2D eigenvalue weighted by molar-refractivity contribution is -0.121. The van der Waals surface area contributed by atoms with Crippen molar-refractivity contribution in [3.63, 3.8) is 0 Å². The quantitative estimate of drug-likeness (QED) is 0.504. The Morgan fingerprint density at radius 2 is 1.84 bits per heavy atom. The summed E-state index contributed by atoms with van der Waals surface area (Å²) in [5, 5.41) is 4.39. The van der Waals surface area contributed by atoms with Gasteiger partial charge in [0.2, 0.25) is 5.91 Å². The SMILES string of the molecule is CC(C)n1c(=O)sc2cc(NC(=O)C3CCN(Cc4c(Cl)cccc4Cl)CC3)ccc21. The van der Waals surface area contributed by atoms with Crippen molar-refractivity contribution in [3.8, 4) is 0 Å². The van der Waals surface area contributed by atoms with Gasteiger partial charge in [-0.15, -0.1) is 0 Å². The van der Waals surface area contributed by atoms with E-state index in [0.29, 0.717) is 16.6 Å². The Morgan fingerprint density at radius 1 is 1.16 bits per heavy atom. The highest BCUT2D eigenvalue weighted by Gasteiger charge is 2.26. The topological polar surface area (TPSA) is 54.3 Å². The Morgan fingerprint density at radius 3 is 2.48 bits per heavy atom. The third kappa shape index (κ3) is 4.82. The van der Waals surface area contributed by atoms with Crippen molar-refractivity contribution < 1.29 is 4.79 Å². The van der Waals surface area contributed by atoms with Crippen LogP contribution < -0.4 is 10.2 Å². The van der Waals surface area contributed by atoms with E-state index in [2.05, 4.69) is 10.2 Å². The molecule has 1 fully saturated rings. The Bertz CT molecular complexity index is 1140. The van der Waals surface area contributed by atoms with Gasteiger partial charge in [0, 0.05) is 39.8 Å². The van der Waals surface area contributed by atoms with Gasteiger partial charge in [0.25, 0.3) is 0 Å². The van der Waals surface area contributed by atoms with Crippen LogP contribution >= 0.6 is 34.5 Å². The first-order valence-electron chi connectivity index (χ1n) is 10.4. The van der Waals surface area contributed by atoms with E-state index < -0.39 is 0 Å². The van der Waals surface area contributed by atoms with Crippen LogP contribution in [0.1, 0.15) is 38.3 Å². The van der Waals surface area contributed by atoms with Gasteiger partial charge in [-0.05, 0) is 70.1 Å². The van der Waals surface area contributed by atoms with Crippen LogP contribution in [0.3, 0.4) is 0 Å². The van der Waals surface area contributed by atoms with Crippen LogP contribution in [0.5, 0.6) is 0 Å². The molecule has 1 aromatic heterocycles. The summed E-state index contributed by atoms with van der Waals surface area (Å²) in [4.78, 5) is 27.4. The normalized spacial score (nSPS) is 15.6. The summed E-state index contributed by atoms with van der Waals surface area (Å²) in [7, 11) is 0. The molecule has 31 heavy (non-hydrogen) atoms. The molecule has 0 saturated carbocycles. The number of piperidine rings is 1. The number of nitrogens with one attached hydrogen (secondary N) is 1. The molecule has 0 atom stereocenters. The smallest absolute Gasteiger partial charge is 0.308 e. The monoisotopic (exact) mass is 477 g/mol. The number of aromatic nitrogens is 1. The van der Waals surface area contributed by atoms with E-state index in [1.54, 1.807) is 4.57 Å². The number of halogens is 2. The number of carbonyl (C=O) groups excluding carboxylic acids is 1. The maximum Gasteiger partial charge on any atom is 0.308 e. The van der Waals surface area contributed by atoms with Gasteiger partial charge >= 0.3 is 4.87 Å². The van der Waals surface area contributed by atoms with Crippen molar-refractivity contribution in [2.45, 2.75) is 39.3 Å². The average Bonchev–Trinajstić information content (AvgIpc) is 3.06. The number of hydrogen-bond acceptors (Lipinski definition) is 4. The Kier molecular flexibility index (Phi) is 6.72. The molecule has 0 radical (unpaired) electrons. The van der Waals surface area contributed by atoms with Crippen molar-refractivity contribution in [1.29, 1.82) is 0 Å². The summed E-state index contributed by atoms with van der Waals surface area (Å²) in [6, 6.07) is 11.3. The minimum Gasteiger partial charge on any atom is -0.326 e. The Hall–Kier alpha value is -1.86. The van der Waals surface area contributed by atoms with Gasteiger partial charge in [0.15, 0.2) is 0 Å². The first kappa shape index (κ1) is 22.3. The number of hydrogen-bond donors (Lipinski definition) is 1. The molecule has 1 N–H and O–H groups in total. The molecule has 1 aliphatic heterocycles. The molecule has 3 aromatic rings. The van der Waals surface area contributed by atoms with Crippen molar-refractivity contribution in [2.24, 2.45) is 5.92 Å². The van der Waals surface area contributed by atoms with E-state index in [-0.39, 0.29) is 22.7 Å². The van der Waals surface area contributed by atoms with E-state index >= 15 is 0 Å². The van der Waals surface area contributed by atoms with Crippen LogP contribution in [0.15, 0.2) is 41.2 Å². The van der Waals surface area contributed by atoms with Crippen molar-refractivity contribution in [3.05, 3.63) is 61.7 Å². The second-order valence-corrected chi connectivity index (χ2v) is 10.1. The number of carbonyl (C=O) groups is 1. The molecular formula is C23H25Cl2N3O2S. The molecule has 1 amide bonds. The van der Waals surface area contributed by atoms with Gasteiger partial charge in [-0.3, -0.25) is 19.1 Å². The number of fused-ring (bicyclic) bond motifs is 1. The number of likely N-dealkylation sites (tertiary alicyclic amines) is 1. The number of thiazole rings is 1. The summed E-state index contributed by atoms with van der Waals surface area (Å²) >= 11 is 13.8. The van der Waals surface area contributed by atoms with Gasteiger partial charge in [-0.2, -0.15) is 0 Å².